The molecule has 4 rings (SSSR count). The summed E-state index contributed by atoms with van der Waals surface area (Å²) in [7, 11) is 0. The van der Waals surface area contributed by atoms with Crippen molar-refractivity contribution in [2.24, 2.45) is 0 Å². The van der Waals surface area contributed by atoms with Crippen LogP contribution in [0.1, 0.15) is 42.4 Å². The van der Waals surface area contributed by atoms with Crippen LogP contribution in [0.25, 0.3) is 0 Å². The lowest BCUT2D eigenvalue weighted by Crippen LogP contribution is -2.37. The molecule has 1 saturated heterocycles. The van der Waals surface area contributed by atoms with E-state index in [4.69, 9.17) is 9.47 Å². The highest BCUT2D eigenvalue weighted by Crippen LogP contribution is 2.27. The molecular weight excluding hydrogens is 426 g/mol. The highest BCUT2D eigenvalue weighted by atomic mass is 16.5. The molecule has 6 heteroatoms. The molecule has 1 unspecified atom stereocenters. The molecule has 0 radical (unpaired) electrons. The lowest BCUT2D eigenvalue weighted by molar-refractivity contribution is -0.0170. The van der Waals surface area contributed by atoms with Crippen molar-refractivity contribution in [1.82, 2.24) is 14.7 Å². The van der Waals surface area contributed by atoms with E-state index >= 15 is 0 Å². The molecule has 0 aliphatic carbocycles. The Labute approximate surface area is 203 Å². The van der Waals surface area contributed by atoms with Crippen LogP contribution in [-0.2, 0) is 13.1 Å². The van der Waals surface area contributed by atoms with E-state index in [-0.39, 0.29) is 0 Å². The molecule has 0 saturated carbocycles. The minimum absolute atomic E-state index is 0.340. The highest BCUT2D eigenvalue weighted by Gasteiger charge is 2.31. The van der Waals surface area contributed by atoms with Crippen molar-refractivity contribution < 1.29 is 14.6 Å². The van der Waals surface area contributed by atoms with Gasteiger partial charge in [-0.05, 0) is 75.0 Å². The molecule has 0 amide bonds. The van der Waals surface area contributed by atoms with Crippen LogP contribution in [0.3, 0.4) is 0 Å². The van der Waals surface area contributed by atoms with Crippen molar-refractivity contribution >= 4 is 0 Å². The van der Waals surface area contributed by atoms with Gasteiger partial charge in [-0.15, -0.1) is 0 Å². The van der Waals surface area contributed by atoms with Gasteiger partial charge in [0.15, 0.2) is 0 Å². The number of likely N-dealkylation sites (tertiary alicyclic amines) is 1. The Morgan fingerprint density at radius 1 is 1.03 bits per heavy atom. The second-order valence-corrected chi connectivity index (χ2v) is 9.53. The van der Waals surface area contributed by atoms with Gasteiger partial charge in [0.05, 0.1) is 12.2 Å². The van der Waals surface area contributed by atoms with E-state index in [1.807, 2.05) is 29.1 Å². The average Bonchev–Trinajstić information content (AvgIpc) is 3.27. The Hall–Kier alpha value is -2.83. The molecule has 2 aromatic carbocycles. The van der Waals surface area contributed by atoms with Crippen molar-refractivity contribution in [1.29, 1.82) is 0 Å². The molecule has 0 spiro atoms. The largest absolute Gasteiger partial charge is 0.494 e. The zero-order chi connectivity index (χ0) is 23.8. The molecule has 1 aliphatic rings. The van der Waals surface area contributed by atoms with Gasteiger partial charge in [0, 0.05) is 38.4 Å². The summed E-state index contributed by atoms with van der Waals surface area (Å²) in [4.78, 5) is 2.42. The molecule has 6 nitrogen and oxygen atoms in total. The van der Waals surface area contributed by atoms with E-state index in [0.717, 1.165) is 62.5 Å². The maximum atomic E-state index is 11.2. The summed E-state index contributed by atoms with van der Waals surface area (Å²) in [5.74, 6) is 1.77. The standard InChI is InChI=1S/C28H37N3O3/c1-23-9-10-27(24(2)19-23)34-22-28(32)11-4-14-30(17-12-28)21-25-7-3-8-26(20-25)33-18-6-16-31-15-5-13-29-31/h3,5,7-10,13,15,19-20,32H,4,6,11-12,14,16-18,21-22H2,1-2H3. The second-order valence-electron chi connectivity index (χ2n) is 9.53. The molecule has 0 bridgehead atoms. The fraction of sp³-hybridized carbons (Fsp3) is 0.464. The van der Waals surface area contributed by atoms with Crippen LogP contribution < -0.4 is 9.47 Å². The first-order valence-corrected chi connectivity index (χ1v) is 12.3. The van der Waals surface area contributed by atoms with E-state index in [9.17, 15) is 5.11 Å². The molecular formula is C28H37N3O3. The first-order chi connectivity index (χ1) is 16.5. The summed E-state index contributed by atoms with van der Waals surface area (Å²) in [6.45, 7) is 8.68. The Morgan fingerprint density at radius 2 is 1.94 bits per heavy atom. The van der Waals surface area contributed by atoms with Gasteiger partial charge in [0.2, 0.25) is 0 Å². The van der Waals surface area contributed by atoms with Gasteiger partial charge in [0.25, 0.3) is 0 Å². The summed E-state index contributed by atoms with van der Waals surface area (Å²) in [5.41, 5.74) is 2.78. The van der Waals surface area contributed by atoms with E-state index in [0.29, 0.717) is 19.6 Å². The normalized spacial score (nSPS) is 19.0. The second kappa shape index (κ2) is 11.5. The number of benzene rings is 2. The summed E-state index contributed by atoms with van der Waals surface area (Å²) in [6, 6.07) is 16.5. The zero-order valence-corrected chi connectivity index (χ0v) is 20.4. The number of ether oxygens (including phenoxy) is 2. The van der Waals surface area contributed by atoms with Crippen molar-refractivity contribution in [2.45, 2.75) is 58.2 Å². The SMILES string of the molecule is Cc1ccc(OCC2(O)CCCN(Cc3cccc(OCCCn4cccn4)c3)CC2)c(C)c1. The predicted octanol–water partition coefficient (Wildman–Crippen LogP) is 4.77. The Bertz CT molecular complexity index is 1040. The molecule has 3 aromatic rings. The third-order valence-electron chi connectivity index (χ3n) is 6.50. The van der Waals surface area contributed by atoms with Gasteiger partial charge in [-0.25, -0.2) is 0 Å². The van der Waals surface area contributed by atoms with Gasteiger partial charge in [-0.1, -0.05) is 29.8 Å². The smallest absolute Gasteiger partial charge is 0.122 e. The van der Waals surface area contributed by atoms with Gasteiger partial charge < -0.3 is 14.6 Å². The van der Waals surface area contributed by atoms with Crippen LogP contribution in [0.5, 0.6) is 11.5 Å². The lowest BCUT2D eigenvalue weighted by atomic mass is 9.96. The molecule has 1 N–H and O–H groups in total. The van der Waals surface area contributed by atoms with E-state index < -0.39 is 5.60 Å². The predicted molar refractivity (Wildman–Crippen MR) is 134 cm³/mol. The average molecular weight is 464 g/mol. The molecule has 182 valence electrons. The van der Waals surface area contributed by atoms with Crippen LogP contribution in [0, 0.1) is 13.8 Å². The van der Waals surface area contributed by atoms with Crippen molar-refractivity contribution in [3.63, 3.8) is 0 Å². The number of nitrogens with zero attached hydrogens (tertiary/aromatic N) is 3. The lowest BCUT2D eigenvalue weighted by Gasteiger charge is -2.27. The molecule has 2 heterocycles. The van der Waals surface area contributed by atoms with Gasteiger partial charge in [0.1, 0.15) is 18.1 Å². The van der Waals surface area contributed by atoms with Crippen molar-refractivity contribution in [3.05, 3.63) is 77.6 Å². The fourth-order valence-electron chi connectivity index (χ4n) is 4.55. The van der Waals surface area contributed by atoms with E-state index in [1.165, 1.54) is 11.1 Å². The summed E-state index contributed by atoms with van der Waals surface area (Å²) < 4.78 is 13.9. The van der Waals surface area contributed by atoms with Crippen molar-refractivity contribution in [3.8, 4) is 11.5 Å². The fourth-order valence-corrected chi connectivity index (χ4v) is 4.55. The molecule has 1 aliphatic heterocycles. The highest BCUT2D eigenvalue weighted by molar-refractivity contribution is 5.35. The summed E-state index contributed by atoms with van der Waals surface area (Å²) in [5, 5.41) is 15.4. The number of hydrogen-bond donors (Lipinski definition) is 1. The first-order valence-electron chi connectivity index (χ1n) is 12.3. The minimum atomic E-state index is -0.786. The summed E-state index contributed by atoms with van der Waals surface area (Å²) >= 11 is 0. The van der Waals surface area contributed by atoms with Crippen LogP contribution in [0.4, 0.5) is 0 Å². The molecule has 1 atom stereocenters. The molecule has 1 aromatic heterocycles. The van der Waals surface area contributed by atoms with Crippen LogP contribution >= 0.6 is 0 Å². The molecule has 1 fully saturated rings. The Balaban J connectivity index is 1.24. The van der Waals surface area contributed by atoms with Gasteiger partial charge >= 0.3 is 0 Å². The summed E-state index contributed by atoms with van der Waals surface area (Å²) in [6.07, 6.45) is 7.11. The third-order valence-corrected chi connectivity index (χ3v) is 6.50. The number of aliphatic hydroxyl groups is 1. The monoisotopic (exact) mass is 463 g/mol. The van der Waals surface area contributed by atoms with Crippen LogP contribution in [-0.4, -0.2) is 51.7 Å². The third kappa shape index (κ3) is 7.08. The van der Waals surface area contributed by atoms with E-state index in [2.05, 4.69) is 54.2 Å². The van der Waals surface area contributed by atoms with Crippen LogP contribution in [0.2, 0.25) is 0 Å². The molecule has 34 heavy (non-hydrogen) atoms. The van der Waals surface area contributed by atoms with Gasteiger partial charge in [-0.3, -0.25) is 9.58 Å². The number of aryl methyl sites for hydroxylation is 3. The van der Waals surface area contributed by atoms with Gasteiger partial charge in [-0.2, -0.15) is 5.10 Å². The Kier molecular flexibility index (Phi) is 8.25. The Morgan fingerprint density at radius 3 is 2.76 bits per heavy atom. The van der Waals surface area contributed by atoms with Crippen molar-refractivity contribution in [2.75, 3.05) is 26.3 Å². The first kappa shape index (κ1) is 24.3. The maximum absolute atomic E-state index is 11.2. The zero-order valence-electron chi connectivity index (χ0n) is 20.4. The quantitative estimate of drug-likeness (QED) is 0.439. The number of aromatic nitrogens is 2. The van der Waals surface area contributed by atoms with E-state index in [1.54, 1.807) is 6.20 Å². The minimum Gasteiger partial charge on any atom is -0.494 e. The topological polar surface area (TPSA) is 59.8 Å². The number of hydrogen-bond acceptors (Lipinski definition) is 5. The number of rotatable bonds is 10. The van der Waals surface area contributed by atoms with Crippen LogP contribution in [0.15, 0.2) is 60.9 Å². The maximum Gasteiger partial charge on any atom is 0.122 e.